The molecular weight excluding hydrogens is 212 g/mol. The summed E-state index contributed by atoms with van der Waals surface area (Å²) >= 11 is 1.59. The van der Waals surface area contributed by atoms with Gasteiger partial charge in [-0.15, -0.1) is 16.9 Å². The van der Waals surface area contributed by atoms with E-state index in [-0.39, 0.29) is 10.7 Å². The fourth-order valence-electron chi connectivity index (χ4n) is 0.841. The van der Waals surface area contributed by atoms with Crippen LogP contribution in [0.1, 0.15) is 26.6 Å². The molecule has 0 saturated carbocycles. The summed E-state index contributed by atoms with van der Waals surface area (Å²) in [6, 6.07) is 0. The van der Waals surface area contributed by atoms with Gasteiger partial charge in [0.15, 0.2) is 0 Å². The van der Waals surface area contributed by atoms with E-state index in [2.05, 4.69) is 41.3 Å². The van der Waals surface area contributed by atoms with Crippen molar-refractivity contribution in [3.8, 4) is 0 Å². The summed E-state index contributed by atoms with van der Waals surface area (Å²) in [7, 11) is 0. The normalized spacial score (nSPS) is 11.5. The number of hydrogen-bond acceptors (Lipinski definition) is 4. The Morgan fingerprint density at radius 2 is 2.20 bits per heavy atom. The molecule has 5 nitrogen and oxygen atoms in total. The molecule has 0 saturated heterocycles. The maximum Gasteiger partial charge on any atom is 0.248 e. The van der Waals surface area contributed by atoms with Gasteiger partial charge in [-0.1, -0.05) is 20.8 Å². The first-order chi connectivity index (χ1) is 6.87. The van der Waals surface area contributed by atoms with E-state index in [0.29, 0.717) is 17.5 Å². The molecule has 1 aromatic heterocycles. The minimum absolute atomic E-state index is 0.0751. The lowest BCUT2D eigenvalue weighted by atomic mass is 10.3. The zero-order chi connectivity index (χ0) is 11.5. The average molecular weight is 228 g/mol. The molecule has 0 atom stereocenters. The molecule has 0 bridgehead atoms. The number of anilines is 1. The van der Waals surface area contributed by atoms with Gasteiger partial charge in [0.25, 0.3) is 0 Å². The predicted molar refractivity (Wildman–Crippen MR) is 62.0 cm³/mol. The van der Waals surface area contributed by atoms with Gasteiger partial charge >= 0.3 is 0 Å². The van der Waals surface area contributed by atoms with Gasteiger partial charge in [-0.3, -0.25) is 15.2 Å². The second-order valence-corrected chi connectivity index (χ2v) is 6.00. The number of aryl methyl sites for hydroxylation is 1. The van der Waals surface area contributed by atoms with E-state index >= 15 is 0 Å². The SMILES string of the molecule is Cc1nc(NC(=O)CSC(C)(C)C)n[nH]1. The Bertz CT molecular complexity index is 342. The Hall–Kier alpha value is -1.04. The van der Waals surface area contributed by atoms with Gasteiger partial charge < -0.3 is 0 Å². The van der Waals surface area contributed by atoms with Crippen molar-refractivity contribution in [1.82, 2.24) is 15.2 Å². The molecule has 15 heavy (non-hydrogen) atoms. The van der Waals surface area contributed by atoms with Crippen LogP contribution in [-0.2, 0) is 4.79 Å². The highest BCUT2D eigenvalue weighted by Gasteiger charge is 2.14. The molecule has 0 aliphatic heterocycles. The van der Waals surface area contributed by atoms with Gasteiger partial charge in [0.1, 0.15) is 5.82 Å². The van der Waals surface area contributed by atoms with Crippen molar-refractivity contribution in [3.63, 3.8) is 0 Å². The number of rotatable bonds is 3. The molecule has 1 amide bonds. The molecule has 1 rings (SSSR count). The smallest absolute Gasteiger partial charge is 0.248 e. The first-order valence-corrected chi connectivity index (χ1v) is 5.68. The number of nitrogens with one attached hydrogen (secondary N) is 2. The molecule has 0 aliphatic rings. The Labute approximate surface area is 93.4 Å². The van der Waals surface area contributed by atoms with E-state index in [0.717, 1.165) is 0 Å². The molecule has 0 aliphatic carbocycles. The number of hydrogen-bond donors (Lipinski definition) is 2. The molecule has 2 N–H and O–H groups in total. The molecule has 0 fully saturated rings. The summed E-state index contributed by atoms with van der Waals surface area (Å²) in [4.78, 5) is 15.4. The third-order valence-electron chi connectivity index (χ3n) is 1.48. The third-order valence-corrected chi connectivity index (χ3v) is 2.76. The van der Waals surface area contributed by atoms with Crippen molar-refractivity contribution < 1.29 is 4.79 Å². The van der Waals surface area contributed by atoms with Crippen LogP contribution in [0.3, 0.4) is 0 Å². The van der Waals surface area contributed by atoms with Gasteiger partial charge in [-0.05, 0) is 6.92 Å². The molecule has 0 aromatic carbocycles. The lowest BCUT2D eigenvalue weighted by Crippen LogP contribution is -2.19. The van der Waals surface area contributed by atoms with Gasteiger partial charge in [-0.2, -0.15) is 4.98 Å². The Morgan fingerprint density at radius 1 is 1.53 bits per heavy atom. The number of aromatic nitrogens is 3. The highest BCUT2D eigenvalue weighted by Crippen LogP contribution is 2.22. The summed E-state index contributed by atoms with van der Waals surface area (Å²) in [5.41, 5.74) is 0. The number of nitrogens with zero attached hydrogens (tertiary/aromatic N) is 2. The maximum absolute atomic E-state index is 11.4. The van der Waals surface area contributed by atoms with Crippen LogP contribution in [0.2, 0.25) is 0 Å². The van der Waals surface area contributed by atoms with Gasteiger partial charge in [-0.25, -0.2) is 0 Å². The second kappa shape index (κ2) is 4.65. The predicted octanol–water partition coefficient (Wildman–Crippen LogP) is 1.58. The molecule has 0 radical (unpaired) electrons. The monoisotopic (exact) mass is 228 g/mol. The van der Waals surface area contributed by atoms with Crippen molar-refractivity contribution in [2.45, 2.75) is 32.4 Å². The molecule has 6 heteroatoms. The minimum atomic E-state index is -0.0751. The van der Waals surface area contributed by atoms with E-state index in [9.17, 15) is 4.79 Å². The van der Waals surface area contributed by atoms with Gasteiger partial charge in [0.05, 0.1) is 5.75 Å². The quantitative estimate of drug-likeness (QED) is 0.824. The van der Waals surface area contributed by atoms with E-state index in [4.69, 9.17) is 0 Å². The highest BCUT2D eigenvalue weighted by molar-refractivity contribution is 8.01. The van der Waals surface area contributed by atoms with Crippen LogP contribution in [0.5, 0.6) is 0 Å². The second-order valence-electron chi connectivity index (χ2n) is 4.19. The van der Waals surface area contributed by atoms with E-state index in [1.54, 1.807) is 18.7 Å². The summed E-state index contributed by atoms with van der Waals surface area (Å²) in [6.45, 7) is 8.00. The van der Waals surface area contributed by atoms with Gasteiger partial charge in [0.2, 0.25) is 11.9 Å². The Kier molecular flexibility index (Phi) is 3.73. The Morgan fingerprint density at radius 3 is 2.67 bits per heavy atom. The summed E-state index contributed by atoms with van der Waals surface area (Å²) in [5.74, 6) is 1.37. The molecular formula is C9H16N4OS. The van der Waals surface area contributed by atoms with Crippen molar-refractivity contribution in [2.75, 3.05) is 11.1 Å². The maximum atomic E-state index is 11.4. The van der Waals surface area contributed by atoms with Crippen LogP contribution in [0.15, 0.2) is 0 Å². The number of carbonyl (C=O) groups is 1. The third kappa shape index (κ3) is 4.83. The fourth-order valence-corrected chi connectivity index (χ4v) is 1.48. The topological polar surface area (TPSA) is 70.7 Å². The number of aromatic amines is 1. The molecule has 84 valence electrons. The summed E-state index contributed by atoms with van der Waals surface area (Å²) < 4.78 is 0.0895. The first kappa shape index (κ1) is 12.0. The van der Waals surface area contributed by atoms with Gasteiger partial charge in [0, 0.05) is 4.75 Å². The van der Waals surface area contributed by atoms with Crippen LogP contribution in [0.25, 0.3) is 0 Å². The molecule has 1 heterocycles. The van der Waals surface area contributed by atoms with E-state index in [1.807, 2.05) is 0 Å². The number of H-pyrrole nitrogens is 1. The molecule has 0 unspecified atom stereocenters. The zero-order valence-corrected chi connectivity index (χ0v) is 10.2. The lowest BCUT2D eigenvalue weighted by Gasteiger charge is -2.16. The number of carbonyl (C=O) groups excluding carboxylic acids is 1. The van der Waals surface area contributed by atoms with Crippen molar-refractivity contribution in [1.29, 1.82) is 0 Å². The van der Waals surface area contributed by atoms with Crippen LogP contribution < -0.4 is 5.32 Å². The van der Waals surface area contributed by atoms with Crippen molar-refractivity contribution in [2.24, 2.45) is 0 Å². The lowest BCUT2D eigenvalue weighted by molar-refractivity contribution is -0.113. The van der Waals surface area contributed by atoms with Crippen molar-refractivity contribution >= 4 is 23.6 Å². The number of thioether (sulfide) groups is 1. The average Bonchev–Trinajstić information content (AvgIpc) is 2.47. The highest BCUT2D eigenvalue weighted by atomic mass is 32.2. The summed E-state index contributed by atoms with van der Waals surface area (Å²) in [6.07, 6.45) is 0. The Balaban J connectivity index is 2.37. The first-order valence-electron chi connectivity index (χ1n) is 4.69. The zero-order valence-electron chi connectivity index (χ0n) is 9.42. The van der Waals surface area contributed by atoms with E-state index in [1.165, 1.54) is 0 Å². The number of amides is 1. The summed E-state index contributed by atoms with van der Waals surface area (Å²) in [5, 5.41) is 9.11. The van der Waals surface area contributed by atoms with Crippen molar-refractivity contribution in [3.05, 3.63) is 5.82 Å². The largest absolute Gasteiger partial charge is 0.293 e. The molecule has 1 aromatic rings. The fraction of sp³-hybridized carbons (Fsp3) is 0.667. The van der Waals surface area contributed by atoms with Crippen LogP contribution in [-0.4, -0.2) is 31.6 Å². The van der Waals surface area contributed by atoms with E-state index < -0.39 is 0 Å². The van der Waals surface area contributed by atoms with Crippen LogP contribution in [0.4, 0.5) is 5.95 Å². The van der Waals surface area contributed by atoms with Crippen LogP contribution >= 0.6 is 11.8 Å². The van der Waals surface area contributed by atoms with Crippen LogP contribution in [0, 0.1) is 6.92 Å². The minimum Gasteiger partial charge on any atom is -0.293 e. The standard InChI is InChI=1S/C9H16N4OS/c1-6-10-8(13-12-6)11-7(14)5-15-9(2,3)4/h5H2,1-4H3,(H2,10,11,12,13,14). The molecule has 0 spiro atoms.